The molecule has 0 spiro atoms. The molecule has 0 amide bonds. The Morgan fingerprint density at radius 3 is 1.70 bits per heavy atom. The van der Waals surface area contributed by atoms with E-state index in [2.05, 4.69) is 156 Å². The van der Waals surface area contributed by atoms with Crippen molar-refractivity contribution < 1.29 is 4.42 Å². The predicted molar refractivity (Wildman–Crippen MR) is 229 cm³/mol. The Balaban J connectivity index is 1.06. The van der Waals surface area contributed by atoms with Gasteiger partial charge in [-0.05, 0) is 70.8 Å². The fourth-order valence-corrected chi connectivity index (χ4v) is 8.02. The van der Waals surface area contributed by atoms with Crippen molar-refractivity contribution in [3.8, 4) is 62.1 Å². The van der Waals surface area contributed by atoms with Crippen LogP contribution >= 0.6 is 0 Å². The first kappa shape index (κ1) is 31.9. The van der Waals surface area contributed by atoms with Gasteiger partial charge in [0.25, 0.3) is 0 Å². The number of aromatic nitrogens is 4. The quantitative estimate of drug-likeness (QED) is 0.172. The van der Waals surface area contributed by atoms with E-state index >= 15 is 0 Å². The standard InChI is InChI=1S/C51H32N4O/c1-4-14-33(15-5-1)36-20-12-21-37(30-36)50-52-49(35-18-8-3-9-19-35)53-51(54-50)38-26-29-45-43(31-38)41-22-10-11-24-44(41)55(45)39-27-28-42-47(32-39)56-46-25-13-23-40(48(42)46)34-16-6-2-7-17-34/h1-32H. The van der Waals surface area contributed by atoms with Crippen molar-refractivity contribution >= 4 is 43.7 Å². The molecule has 0 aliphatic carbocycles. The second-order valence-corrected chi connectivity index (χ2v) is 14.0. The van der Waals surface area contributed by atoms with Crippen LogP contribution in [-0.2, 0) is 0 Å². The van der Waals surface area contributed by atoms with Gasteiger partial charge in [0.2, 0.25) is 0 Å². The minimum Gasteiger partial charge on any atom is -0.456 e. The molecule has 11 rings (SSSR count). The van der Waals surface area contributed by atoms with Gasteiger partial charge in [0, 0.05) is 50.0 Å². The zero-order valence-electron chi connectivity index (χ0n) is 30.2. The van der Waals surface area contributed by atoms with Crippen molar-refractivity contribution in [2.75, 3.05) is 0 Å². The van der Waals surface area contributed by atoms with Crippen LogP contribution in [0.1, 0.15) is 0 Å². The Bertz CT molecular complexity index is 3240. The van der Waals surface area contributed by atoms with Gasteiger partial charge in [-0.3, -0.25) is 0 Å². The summed E-state index contributed by atoms with van der Waals surface area (Å²) >= 11 is 0. The van der Waals surface area contributed by atoms with Crippen LogP contribution in [0.4, 0.5) is 0 Å². The third-order valence-electron chi connectivity index (χ3n) is 10.6. The van der Waals surface area contributed by atoms with Gasteiger partial charge in [0.1, 0.15) is 11.2 Å². The Kier molecular flexibility index (Phi) is 7.42. The summed E-state index contributed by atoms with van der Waals surface area (Å²) in [4.78, 5) is 15.2. The molecule has 56 heavy (non-hydrogen) atoms. The third kappa shape index (κ3) is 5.37. The average molecular weight is 717 g/mol. The average Bonchev–Trinajstić information content (AvgIpc) is 3.82. The number of benzene rings is 8. The van der Waals surface area contributed by atoms with E-state index in [0.717, 1.165) is 77.2 Å². The van der Waals surface area contributed by atoms with Crippen LogP contribution in [0.3, 0.4) is 0 Å². The smallest absolute Gasteiger partial charge is 0.164 e. The summed E-state index contributed by atoms with van der Waals surface area (Å²) in [5.74, 6) is 1.88. The number of fused-ring (bicyclic) bond motifs is 6. The van der Waals surface area contributed by atoms with Crippen LogP contribution in [0.25, 0.3) is 106 Å². The minimum atomic E-state index is 0.621. The molecule has 262 valence electrons. The van der Waals surface area contributed by atoms with Gasteiger partial charge in [0.05, 0.1) is 11.0 Å². The van der Waals surface area contributed by atoms with Gasteiger partial charge in [-0.25, -0.2) is 15.0 Å². The van der Waals surface area contributed by atoms with Crippen LogP contribution in [0, 0.1) is 0 Å². The van der Waals surface area contributed by atoms with Crippen molar-refractivity contribution in [3.63, 3.8) is 0 Å². The van der Waals surface area contributed by atoms with Crippen molar-refractivity contribution in [2.45, 2.75) is 0 Å². The molecule has 3 heterocycles. The van der Waals surface area contributed by atoms with Crippen molar-refractivity contribution in [2.24, 2.45) is 0 Å². The van der Waals surface area contributed by atoms with Crippen LogP contribution < -0.4 is 0 Å². The van der Waals surface area contributed by atoms with Gasteiger partial charge in [-0.1, -0.05) is 140 Å². The van der Waals surface area contributed by atoms with Crippen molar-refractivity contribution in [3.05, 3.63) is 194 Å². The Labute approximate surface area is 322 Å². The van der Waals surface area contributed by atoms with E-state index < -0.39 is 0 Å². The number of rotatable bonds is 6. The van der Waals surface area contributed by atoms with Gasteiger partial charge >= 0.3 is 0 Å². The highest BCUT2D eigenvalue weighted by Crippen LogP contribution is 2.40. The maximum atomic E-state index is 6.55. The molecular formula is C51H32N4O. The molecule has 0 N–H and O–H groups in total. The van der Waals surface area contributed by atoms with E-state index in [1.165, 1.54) is 11.1 Å². The van der Waals surface area contributed by atoms with E-state index in [1.807, 2.05) is 42.5 Å². The second kappa shape index (κ2) is 13.0. The van der Waals surface area contributed by atoms with Crippen LogP contribution in [0.2, 0.25) is 0 Å². The van der Waals surface area contributed by atoms with Crippen molar-refractivity contribution in [1.29, 1.82) is 0 Å². The van der Waals surface area contributed by atoms with E-state index in [1.54, 1.807) is 0 Å². The fraction of sp³-hybridized carbons (Fsp3) is 0. The maximum Gasteiger partial charge on any atom is 0.164 e. The molecule has 5 heteroatoms. The van der Waals surface area contributed by atoms with Crippen LogP contribution in [0.15, 0.2) is 199 Å². The van der Waals surface area contributed by atoms with E-state index in [-0.39, 0.29) is 0 Å². The molecule has 3 aromatic heterocycles. The number of nitrogens with zero attached hydrogens (tertiary/aromatic N) is 4. The topological polar surface area (TPSA) is 56.7 Å². The molecule has 5 nitrogen and oxygen atoms in total. The molecule has 0 atom stereocenters. The molecule has 0 aliphatic heterocycles. The van der Waals surface area contributed by atoms with Crippen LogP contribution in [-0.4, -0.2) is 19.5 Å². The third-order valence-corrected chi connectivity index (χ3v) is 10.6. The highest BCUT2D eigenvalue weighted by Gasteiger charge is 2.19. The number of hydrogen-bond acceptors (Lipinski definition) is 4. The summed E-state index contributed by atoms with van der Waals surface area (Å²) in [5, 5.41) is 4.49. The van der Waals surface area contributed by atoms with Gasteiger partial charge in [-0.2, -0.15) is 0 Å². The van der Waals surface area contributed by atoms with Gasteiger partial charge in [-0.15, -0.1) is 0 Å². The van der Waals surface area contributed by atoms with Crippen molar-refractivity contribution in [1.82, 2.24) is 19.5 Å². The first-order valence-electron chi connectivity index (χ1n) is 18.8. The molecule has 0 bridgehead atoms. The lowest BCUT2D eigenvalue weighted by atomic mass is 9.99. The number of hydrogen-bond donors (Lipinski definition) is 0. The van der Waals surface area contributed by atoms with Gasteiger partial charge in [0.15, 0.2) is 17.5 Å². The zero-order chi connectivity index (χ0) is 37.0. The molecule has 0 aliphatic rings. The Morgan fingerprint density at radius 1 is 0.339 bits per heavy atom. The summed E-state index contributed by atoms with van der Waals surface area (Å²) in [5.41, 5.74) is 12.3. The zero-order valence-corrected chi connectivity index (χ0v) is 30.2. The molecule has 0 radical (unpaired) electrons. The summed E-state index contributed by atoms with van der Waals surface area (Å²) in [6.07, 6.45) is 0. The first-order chi connectivity index (χ1) is 27.7. The summed E-state index contributed by atoms with van der Waals surface area (Å²) in [6, 6.07) is 67.4. The monoisotopic (exact) mass is 716 g/mol. The molecule has 11 aromatic rings. The summed E-state index contributed by atoms with van der Waals surface area (Å²) < 4.78 is 8.87. The highest BCUT2D eigenvalue weighted by molar-refractivity contribution is 6.14. The molecule has 0 unspecified atom stereocenters. The van der Waals surface area contributed by atoms with Crippen LogP contribution in [0.5, 0.6) is 0 Å². The molecule has 0 saturated heterocycles. The lowest BCUT2D eigenvalue weighted by Crippen LogP contribution is -2.00. The molecular weight excluding hydrogens is 685 g/mol. The number of para-hydroxylation sites is 1. The highest BCUT2D eigenvalue weighted by atomic mass is 16.3. The minimum absolute atomic E-state index is 0.621. The van der Waals surface area contributed by atoms with E-state index in [9.17, 15) is 0 Å². The SMILES string of the molecule is c1ccc(-c2cccc(-c3nc(-c4ccccc4)nc(-c4ccc5c(c4)c4ccccc4n5-c4ccc5c(c4)oc4cccc(-c6ccccc6)c45)n3)c2)cc1. The fourth-order valence-electron chi connectivity index (χ4n) is 8.02. The maximum absolute atomic E-state index is 6.55. The lowest BCUT2D eigenvalue weighted by molar-refractivity contribution is 0.668. The molecule has 0 fully saturated rings. The normalized spacial score (nSPS) is 11.6. The largest absolute Gasteiger partial charge is 0.456 e. The summed E-state index contributed by atoms with van der Waals surface area (Å²) in [6.45, 7) is 0. The first-order valence-corrected chi connectivity index (χ1v) is 18.8. The Hall–Kier alpha value is -7.63. The van der Waals surface area contributed by atoms with E-state index in [0.29, 0.717) is 17.5 Å². The molecule has 0 saturated carbocycles. The second-order valence-electron chi connectivity index (χ2n) is 14.0. The van der Waals surface area contributed by atoms with Gasteiger partial charge < -0.3 is 8.98 Å². The summed E-state index contributed by atoms with van der Waals surface area (Å²) in [7, 11) is 0. The lowest BCUT2D eigenvalue weighted by Gasteiger charge is -2.10. The molecule has 8 aromatic carbocycles. The Morgan fingerprint density at radius 2 is 0.929 bits per heavy atom. The van der Waals surface area contributed by atoms with E-state index in [4.69, 9.17) is 19.4 Å². The predicted octanol–water partition coefficient (Wildman–Crippen LogP) is 13.2. The number of furan rings is 1.